The van der Waals surface area contributed by atoms with Crippen LogP contribution in [0.1, 0.15) is 11.3 Å². The van der Waals surface area contributed by atoms with E-state index < -0.39 is 0 Å². The van der Waals surface area contributed by atoms with Crippen molar-refractivity contribution in [2.24, 2.45) is 0 Å². The Balaban J connectivity index is 1.04. The molecule has 0 fully saturated rings. The fourth-order valence-corrected chi connectivity index (χ4v) is 12.3. The maximum atomic E-state index is 5.75. The van der Waals surface area contributed by atoms with Crippen LogP contribution >= 0.6 is 0 Å². The third-order valence-corrected chi connectivity index (χ3v) is 15.3. The van der Waals surface area contributed by atoms with E-state index in [1.165, 1.54) is 38.5 Å². The van der Waals surface area contributed by atoms with E-state index in [4.69, 9.17) is 19.9 Å². The quantitative estimate of drug-likeness (QED) is 0.166. The summed E-state index contributed by atoms with van der Waals surface area (Å²) in [6.45, 7) is 0. The van der Waals surface area contributed by atoms with Crippen molar-refractivity contribution < 1.29 is 0 Å². The van der Waals surface area contributed by atoms with Gasteiger partial charge in [-0.3, -0.25) is 9.13 Å². The molecule has 15 aromatic rings. The van der Waals surface area contributed by atoms with E-state index in [1.54, 1.807) is 0 Å². The highest BCUT2D eigenvalue weighted by Crippen LogP contribution is 2.48. The minimum absolute atomic E-state index is 0.538. The van der Waals surface area contributed by atoms with Crippen molar-refractivity contribution in [2.75, 3.05) is 0 Å². The van der Waals surface area contributed by atoms with Crippen LogP contribution in [0.2, 0.25) is 0 Å². The number of benzene rings is 9. The van der Waals surface area contributed by atoms with Gasteiger partial charge in [-0.25, -0.2) is 19.9 Å². The first kappa shape index (κ1) is 40.8. The molecule has 0 N–H and O–H groups in total. The van der Waals surface area contributed by atoms with Gasteiger partial charge in [0.05, 0.1) is 38.8 Å². The molecule has 9 aromatic carbocycles. The molecule has 0 saturated carbocycles. The standard InChI is InChI=1S/C66H42N8/c1-5-21-41(22-6-1)58-61-60(69-65(67-58)73-53-34-18-14-29-45(53)48-39-40-56-57(62(48)73)51-32-16-20-36-55(51)71(56)43-25-9-3-10-26-43)59(42-23-7-2-8-24-42)68-66(70-61)74-54-35-19-15-31-47(54)50-38-37-49-46-30-13-17-33-52(46)72(63(49)64(50)74)44-27-11-4-12-28-44/h1-38H,39-40H2. The van der Waals surface area contributed by atoms with Crippen molar-refractivity contribution in [2.45, 2.75) is 12.8 Å². The van der Waals surface area contributed by atoms with E-state index in [1.807, 2.05) is 0 Å². The van der Waals surface area contributed by atoms with Crippen LogP contribution in [0.4, 0.5) is 0 Å². The van der Waals surface area contributed by atoms with Gasteiger partial charge in [0.15, 0.2) is 0 Å². The topological polar surface area (TPSA) is 71.3 Å². The molecule has 16 rings (SSSR count). The average molecular weight is 947 g/mol. The van der Waals surface area contributed by atoms with Crippen molar-refractivity contribution in [1.82, 2.24) is 38.2 Å². The number of para-hydroxylation sites is 6. The van der Waals surface area contributed by atoms with Crippen LogP contribution in [0.5, 0.6) is 0 Å². The zero-order chi connectivity index (χ0) is 48.4. The first-order valence-electron chi connectivity index (χ1n) is 25.3. The van der Waals surface area contributed by atoms with Gasteiger partial charge in [0.2, 0.25) is 11.9 Å². The largest absolute Gasteiger partial charge is 0.313 e. The van der Waals surface area contributed by atoms with Crippen LogP contribution < -0.4 is 0 Å². The summed E-state index contributed by atoms with van der Waals surface area (Å²) in [6.07, 6.45) is 1.76. The summed E-state index contributed by atoms with van der Waals surface area (Å²) in [6, 6.07) is 81.8. The van der Waals surface area contributed by atoms with E-state index in [2.05, 4.69) is 249 Å². The molecule has 8 heteroatoms. The smallest absolute Gasteiger partial charge is 0.236 e. The molecule has 6 heterocycles. The maximum Gasteiger partial charge on any atom is 0.236 e. The van der Waals surface area contributed by atoms with E-state index in [0.717, 1.165) is 96.2 Å². The lowest BCUT2D eigenvalue weighted by atomic mass is 9.92. The third-order valence-electron chi connectivity index (χ3n) is 15.3. The molecule has 0 aliphatic heterocycles. The number of nitrogens with zero attached hydrogens (tertiary/aromatic N) is 8. The van der Waals surface area contributed by atoms with Crippen LogP contribution in [0, 0.1) is 0 Å². The second-order valence-electron chi connectivity index (χ2n) is 19.3. The van der Waals surface area contributed by atoms with Gasteiger partial charge in [-0.1, -0.05) is 182 Å². The Morgan fingerprint density at radius 2 is 0.703 bits per heavy atom. The second kappa shape index (κ2) is 15.8. The molecule has 0 bridgehead atoms. The monoisotopic (exact) mass is 946 g/mol. The molecule has 0 spiro atoms. The normalized spacial score (nSPS) is 12.5. The summed E-state index contributed by atoms with van der Waals surface area (Å²) in [7, 11) is 0. The zero-order valence-corrected chi connectivity index (χ0v) is 39.9. The molecular weight excluding hydrogens is 905 g/mol. The van der Waals surface area contributed by atoms with E-state index in [-0.39, 0.29) is 0 Å². The van der Waals surface area contributed by atoms with Crippen LogP contribution in [-0.2, 0) is 12.8 Å². The Hall–Kier alpha value is -9.92. The second-order valence-corrected chi connectivity index (χ2v) is 19.3. The molecule has 1 aliphatic carbocycles. The van der Waals surface area contributed by atoms with E-state index in [0.29, 0.717) is 22.9 Å². The summed E-state index contributed by atoms with van der Waals surface area (Å²) in [4.78, 5) is 23.0. The molecule has 74 heavy (non-hydrogen) atoms. The van der Waals surface area contributed by atoms with Gasteiger partial charge in [0.1, 0.15) is 22.4 Å². The minimum atomic E-state index is 0.538. The van der Waals surface area contributed by atoms with Crippen molar-refractivity contribution in [3.63, 3.8) is 0 Å². The first-order valence-corrected chi connectivity index (χ1v) is 25.3. The van der Waals surface area contributed by atoms with Gasteiger partial charge in [0.25, 0.3) is 0 Å². The molecular formula is C66H42N8. The number of fused-ring (bicyclic) bond motifs is 15. The highest BCUT2D eigenvalue weighted by Gasteiger charge is 2.33. The Kier molecular flexibility index (Phi) is 8.70. The summed E-state index contributed by atoms with van der Waals surface area (Å²) < 4.78 is 9.46. The molecule has 0 radical (unpaired) electrons. The number of hydrogen-bond donors (Lipinski definition) is 0. The number of hydrogen-bond acceptors (Lipinski definition) is 4. The van der Waals surface area contributed by atoms with Crippen molar-refractivity contribution in [3.8, 4) is 57.0 Å². The molecule has 0 saturated heterocycles. The molecule has 1 aliphatic rings. The fraction of sp³-hybridized carbons (Fsp3) is 0.0303. The van der Waals surface area contributed by atoms with Gasteiger partial charge >= 0.3 is 0 Å². The Bertz CT molecular complexity index is 4760. The predicted molar refractivity (Wildman–Crippen MR) is 301 cm³/mol. The summed E-state index contributed by atoms with van der Waals surface area (Å²) >= 11 is 0. The van der Waals surface area contributed by atoms with Crippen molar-refractivity contribution >= 4 is 76.5 Å². The van der Waals surface area contributed by atoms with Gasteiger partial charge in [0, 0.05) is 66.1 Å². The fourth-order valence-electron chi connectivity index (χ4n) is 12.3. The van der Waals surface area contributed by atoms with Gasteiger partial charge in [-0.15, -0.1) is 0 Å². The summed E-state index contributed by atoms with van der Waals surface area (Å²) in [5, 5.41) is 6.97. The Morgan fingerprint density at radius 3 is 1.26 bits per heavy atom. The summed E-state index contributed by atoms with van der Waals surface area (Å²) in [5.41, 5.74) is 18.3. The van der Waals surface area contributed by atoms with Crippen LogP contribution in [-0.4, -0.2) is 38.2 Å². The molecule has 0 unspecified atom stereocenters. The van der Waals surface area contributed by atoms with Crippen LogP contribution in [0.3, 0.4) is 0 Å². The average Bonchev–Trinajstić information content (AvgIpc) is 4.21. The number of aromatic nitrogens is 8. The Labute approximate surface area is 424 Å². The van der Waals surface area contributed by atoms with Crippen molar-refractivity contribution in [1.29, 1.82) is 0 Å². The molecule has 346 valence electrons. The zero-order valence-electron chi connectivity index (χ0n) is 39.9. The molecule has 0 atom stereocenters. The van der Waals surface area contributed by atoms with Gasteiger partial charge < -0.3 is 9.13 Å². The molecule has 6 aromatic heterocycles. The summed E-state index contributed by atoms with van der Waals surface area (Å²) in [5.74, 6) is 1.10. The maximum absolute atomic E-state index is 5.75. The highest BCUT2D eigenvalue weighted by atomic mass is 15.2. The Morgan fingerprint density at radius 1 is 0.297 bits per heavy atom. The lowest BCUT2D eigenvalue weighted by Gasteiger charge is -2.20. The number of rotatable bonds is 6. The van der Waals surface area contributed by atoms with Crippen LogP contribution in [0.25, 0.3) is 133 Å². The lowest BCUT2D eigenvalue weighted by Crippen LogP contribution is -2.12. The lowest BCUT2D eigenvalue weighted by molar-refractivity contribution is 0.857. The van der Waals surface area contributed by atoms with Crippen molar-refractivity contribution in [3.05, 3.63) is 242 Å². The molecule has 0 amide bonds. The van der Waals surface area contributed by atoms with Gasteiger partial charge in [-0.2, -0.15) is 0 Å². The third kappa shape index (κ3) is 5.79. The number of aryl methyl sites for hydroxylation is 1. The van der Waals surface area contributed by atoms with Crippen LogP contribution in [0.15, 0.2) is 231 Å². The van der Waals surface area contributed by atoms with E-state index >= 15 is 0 Å². The van der Waals surface area contributed by atoms with Gasteiger partial charge in [-0.05, 0) is 66.9 Å². The van der Waals surface area contributed by atoms with E-state index in [9.17, 15) is 0 Å². The minimum Gasteiger partial charge on any atom is -0.313 e. The first-order chi connectivity index (χ1) is 36.8. The highest BCUT2D eigenvalue weighted by molar-refractivity contribution is 6.24. The predicted octanol–water partition coefficient (Wildman–Crippen LogP) is 15.6. The SMILES string of the molecule is c1ccc(-c2nc(-n3c4ccccc4c4ccc5c6ccccc6n(-c6ccccc6)c5c43)nc3c(-c4ccccc4)nc(-n4c5c(c6ccccc64)CCc4c-5c5ccccc5n4-c4ccccc4)nc23)cc1. The molecule has 8 nitrogen and oxygen atoms in total.